The molecule has 0 fully saturated rings. The second-order valence-corrected chi connectivity index (χ2v) is 26.7. The average Bonchev–Trinajstić information content (AvgIpc) is 1.50. The average molecular weight is 1300 g/mol. The van der Waals surface area contributed by atoms with Gasteiger partial charge in [0.25, 0.3) is 0 Å². The lowest BCUT2D eigenvalue weighted by Crippen LogP contribution is -1.94. The normalized spacial score (nSPS) is 11.9. The molecule has 0 aliphatic rings. The van der Waals surface area contributed by atoms with Crippen LogP contribution in [0.1, 0.15) is 0 Å². The quantitative estimate of drug-likeness (QED) is 0.152. The Bertz CT molecular complexity index is 7070. The zero-order valence-corrected chi connectivity index (χ0v) is 55.2. The first-order chi connectivity index (χ1) is 50.6. The zero-order chi connectivity index (χ0) is 66.9. The van der Waals surface area contributed by atoms with Gasteiger partial charge in [-0.05, 0) is 184 Å². The maximum atomic E-state index is 6.67. The molecule has 0 N–H and O–H groups in total. The van der Waals surface area contributed by atoms with Crippen LogP contribution in [-0.4, -0.2) is 18.3 Å². The van der Waals surface area contributed by atoms with Crippen LogP contribution in [0.5, 0.6) is 0 Å². The summed E-state index contributed by atoms with van der Waals surface area (Å²) in [7, 11) is 0. The summed E-state index contributed by atoms with van der Waals surface area (Å²) in [5.74, 6) is 0. The highest BCUT2D eigenvalue weighted by Crippen LogP contribution is 2.46. The van der Waals surface area contributed by atoms with E-state index in [1.54, 1.807) is 0 Å². The van der Waals surface area contributed by atoms with Gasteiger partial charge in [0.2, 0.25) is 0 Å². The van der Waals surface area contributed by atoms with E-state index in [-0.39, 0.29) is 0 Å². The van der Waals surface area contributed by atoms with Crippen LogP contribution < -0.4 is 0 Å². The molecule has 6 heterocycles. The van der Waals surface area contributed by atoms with Crippen molar-refractivity contribution in [3.8, 4) is 67.3 Å². The lowest BCUT2D eigenvalue weighted by Gasteiger charge is -2.11. The Morgan fingerprint density at radius 3 is 0.980 bits per heavy atom. The van der Waals surface area contributed by atoms with Crippen LogP contribution in [-0.2, 0) is 0 Å². The lowest BCUT2D eigenvalue weighted by atomic mass is 10.00. The summed E-state index contributed by atoms with van der Waals surface area (Å²) in [6.45, 7) is 0. The first-order valence-corrected chi connectivity index (χ1v) is 34.9. The Balaban J connectivity index is 0.000000133. The van der Waals surface area contributed by atoms with Crippen molar-refractivity contribution in [1.82, 2.24) is 18.3 Å². The number of para-hydroxylation sites is 6. The molecule has 0 atom stereocenters. The van der Waals surface area contributed by atoms with Gasteiger partial charge in [-0.2, -0.15) is 0 Å². The number of benzene rings is 16. The van der Waals surface area contributed by atoms with E-state index in [9.17, 15) is 0 Å². The summed E-state index contributed by atoms with van der Waals surface area (Å²) in [4.78, 5) is 0. The number of furan rings is 2. The SMILES string of the molecule is c1ccc(-c2ccc(-n3c4ccc(-c5ccc6c(c5)c5ccccc5n6-c5ccccc5)cc4c4ccc5c6ccccc6oc5c43)cc2)cc1.c1ccc(-c2ccc(-n3c4ccc(-c5ccc6c(c5)c5ccccc5n6-c5ccccc5)cc4c4ccc5oc6ccccc6c5c43)cc2)cc1. The van der Waals surface area contributed by atoms with E-state index in [0.717, 1.165) is 66.3 Å². The van der Waals surface area contributed by atoms with E-state index in [4.69, 9.17) is 8.83 Å². The number of hydrogen-bond donors (Lipinski definition) is 0. The van der Waals surface area contributed by atoms with E-state index in [2.05, 4.69) is 370 Å². The topological polar surface area (TPSA) is 46.0 Å². The molecule has 0 saturated heterocycles. The summed E-state index contributed by atoms with van der Waals surface area (Å²) in [6, 6.07) is 131. The Kier molecular flexibility index (Phi) is 12.9. The lowest BCUT2D eigenvalue weighted by molar-refractivity contribution is 0.669. The molecule has 6 heteroatoms. The monoisotopic (exact) mass is 1300 g/mol. The summed E-state index contributed by atoms with van der Waals surface area (Å²) in [5.41, 5.74) is 27.2. The molecule has 0 aliphatic heterocycles. The van der Waals surface area contributed by atoms with Crippen molar-refractivity contribution in [2.75, 3.05) is 0 Å². The molecule has 0 aliphatic carbocycles. The van der Waals surface area contributed by atoms with Crippen molar-refractivity contribution in [3.63, 3.8) is 0 Å². The van der Waals surface area contributed by atoms with Crippen LogP contribution in [0.4, 0.5) is 0 Å². The number of rotatable bonds is 8. The minimum absolute atomic E-state index is 0.897. The minimum Gasteiger partial charge on any atom is -0.456 e. The third-order valence-corrected chi connectivity index (χ3v) is 21.0. The fourth-order valence-electron chi connectivity index (χ4n) is 16.4. The maximum absolute atomic E-state index is 6.67. The van der Waals surface area contributed by atoms with Crippen molar-refractivity contribution < 1.29 is 8.83 Å². The molecule has 22 aromatic rings. The number of aromatic nitrogens is 4. The molecule has 0 amide bonds. The predicted molar refractivity (Wildman–Crippen MR) is 427 cm³/mol. The molecule has 16 aromatic carbocycles. The van der Waals surface area contributed by atoms with Gasteiger partial charge in [-0.3, -0.25) is 0 Å². The molecule has 0 saturated carbocycles. The van der Waals surface area contributed by atoms with Gasteiger partial charge in [0.1, 0.15) is 16.7 Å². The van der Waals surface area contributed by atoms with Gasteiger partial charge < -0.3 is 27.1 Å². The van der Waals surface area contributed by atoms with Gasteiger partial charge >= 0.3 is 0 Å². The highest BCUT2D eigenvalue weighted by atomic mass is 16.3. The summed E-state index contributed by atoms with van der Waals surface area (Å²) in [6.07, 6.45) is 0. The molecule has 22 rings (SSSR count). The van der Waals surface area contributed by atoms with Crippen LogP contribution in [0.3, 0.4) is 0 Å². The van der Waals surface area contributed by atoms with Crippen LogP contribution in [0.2, 0.25) is 0 Å². The third kappa shape index (κ3) is 8.99. The van der Waals surface area contributed by atoms with Gasteiger partial charge in [0, 0.05) is 82.0 Å². The highest BCUT2D eigenvalue weighted by molar-refractivity contribution is 6.26. The van der Waals surface area contributed by atoms with Crippen LogP contribution in [0.25, 0.3) is 198 Å². The maximum Gasteiger partial charge on any atom is 0.160 e. The van der Waals surface area contributed by atoms with Crippen molar-refractivity contribution >= 4 is 131 Å². The Hall–Kier alpha value is -13.7. The van der Waals surface area contributed by atoms with Gasteiger partial charge in [-0.25, -0.2) is 0 Å². The van der Waals surface area contributed by atoms with Gasteiger partial charge in [-0.1, -0.05) is 224 Å². The fraction of sp³-hybridized carbons (Fsp3) is 0. The Morgan fingerprint density at radius 2 is 0.490 bits per heavy atom. The van der Waals surface area contributed by atoms with Gasteiger partial charge in [0.05, 0.1) is 49.5 Å². The van der Waals surface area contributed by atoms with E-state index in [1.807, 2.05) is 12.1 Å². The zero-order valence-electron chi connectivity index (χ0n) is 55.2. The first kappa shape index (κ1) is 57.4. The van der Waals surface area contributed by atoms with Crippen LogP contribution in [0, 0.1) is 0 Å². The van der Waals surface area contributed by atoms with Crippen LogP contribution in [0.15, 0.2) is 373 Å². The fourth-order valence-corrected chi connectivity index (χ4v) is 16.4. The second-order valence-electron chi connectivity index (χ2n) is 26.7. The van der Waals surface area contributed by atoms with Gasteiger partial charge in [-0.15, -0.1) is 0 Å². The third-order valence-electron chi connectivity index (χ3n) is 21.0. The molecule has 0 spiro atoms. The van der Waals surface area contributed by atoms with E-state index in [0.29, 0.717) is 0 Å². The standard InChI is InChI=1S/2C48H30N2O/c1-3-11-31(12-4-1)32-19-23-36(24-20-32)50-45-28-22-34(30-42(45)39-25-26-40-38-16-8-10-18-46(38)51-48(40)47(39)50)33-21-27-44-41(29-33)37-15-7-9-17-43(37)49(44)35-13-5-2-6-14-35;1-3-11-31(12-4-1)32-19-23-36(24-20-32)50-44-27-22-34(30-41(44)38-25-28-46-47(48(38)50)39-16-8-10-18-45(39)51-46)33-21-26-43-40(29-33)37-15-7-9-17-42(37)49(43)35-13-5-2-6-14-35/h2*1-30H. The molecule has 0 unspecified atom stereocenters. The largest absolute Gasteiger partial charge is 0.456 e. The molecular formula is C96H60N4O2. The van der Waals surface area contributed by atoms with E-state index < -0.39 is 0 Å². The van der Waals surface area contributed by atoms with Crippen molar-refractivity contribution in [1.29, 1.82) is 0 Å². The molecule has 476 valence electrons. The van der Waals surface area contributed by atoms with Crippen molar-refractivity contribution in [2.24, 2.45) is 0 Å². The molecule has 0 bridgehead atoms. The van der Waals surface area contributed by atoms with Crippen molar-refractivity contribution in [3.05, 3.63) is 364 Å². The molecule has 6 aromatic heterocycles. The molecule has 6 nitrogen and oxygen atoms in total. The summed E-state index contributed by atoms with van der Waals surface area (Å²) >= 11 is 0. The van der Waals surface area contributed by atoms with Crippen molar-refractivity contribution in [2.45, 2.75) is 0 Å². The van der Waals surface area contributed by atoms with E-state index >= 15 is 0 Å². The summed E-state index contributed by atoms with van der Waals surface area (Å²) < 4.78 is 22.6. The Labute approximate surface area is 585 Å². The number of hydrogen-bond acceptors (Lipinski definition) is 2. The smallest absolute Gasteiger partial charge is 0.160 e. The highest BCUT2D eigenvalue weighted by Gasteiger charge is 2.24. The number of fused-ring (bicyclic) bond motifs is 20. The minimum atomic E-state index is 0.897. The molecule has 102 heavy (non-hydrogen) atoms. The predicted octanol–water partition coefficient (Wildman–Crippen LogP) is 26.2. The summed E-state index contributed by atoms with van der Waals surface area (Å²) in [5, 5.41) is 14.3. The van der Waals surface area contributed by atoms with Crippen LogP contribution >= 0.6 is 0 Å². The van der Waals surface area contributed by atoms with E-state index in [1.165, 1.54) is 132 Å². The Morgan fingerprint density at radius 1 is 0.167 bits per heavy atom. The molecular weight excluding hydrogens is 1240 g/mol. The van der Waals surface area contributed by atoms with Gasteiger partial charge in [0.15, 0.2) is 5.58 Å². The molecule has 0 radical (unpaired) electrons. The second kappa shape index (κ2) is 23.0. The first-order valence-electron chi connectivity index (χ1n) is 34.9. The number of nitrogens with zero attached hydrogens (tertiary/aromatic N) is 4.